The van der Waals surface area contributed by atoms with E-state index in [2.05, 4.69) is 32.6 Å². The lowest BCUT2D eigenvalue weighted by molar-refractivity contribution is -0.0544. The Hall–Kier alpha value is -0.0800. The molecular weight excluding hydrogens is 186 g/mol. The third kappa shape index (κ3) is 2.36. The van der Waals surface area contributed by atoms with E-state index >= 15 is 0 Å². The number of hydrogen-bond donors (Lipinski definition) is 0. The molecule has 2 heterocycles. The number of fused-ring (bicyclic) bond motifs is 2. The first-order valence-electron chi connectivity index (χ1n) is 6.50. The SMILES string of the molecule is CC(C)O[C@H]1C[C@H]2CC[C@@H](C1)N2C(C)C. The number of rotatable bonds is 3. The van der Waals surface area contributed by atoms with Gasteiger partial charge in [-0.1, -0.05) is 0 Å². The molecule has 3 atom stereocenters. The average Bonchev–Trinajstić information content (AvgIpc) is 2.38. The quantitative estimate of drug-likeness (QED) is 0.712. The summed E-state index contributed by atoms with van der Waals surface area (Å²) in [7, 11) is 0. The molecule has 2 nitrogen and oxygen atoms in total. The van der Waals surface area contributed by atoms with Gasteiger partial charge in [-0.3, -0.25) is 4.90 Å². The Labute approximate surface area is 94.0 Å². The van der Waals surface area contributed by atoms with E-state index in [9.17, 15) is 0 Å². The Balaban J connectivity index is 1.96. The molecule has 0 aromatic rings. The van der Waals surface area contributed by atoms with Crippen molar-refractivity contribution in [3.8, 4) is 0 Å². The normalized spacial score (nSPS) is 36.8. The predicted octanol–water partition coefficient (Wildman–Crippen LogP) is 2.82. The molecule has 88 valence electrons. The van der Waals surface area contributed by atoms with Gasteiger partial charge in [-0.05, 0) is 53.4 Å². The third-order valence-corrected chi connectivity index (χ3v) is 3.81. The fourth-order valence-corrected chi connectivity index (χ4v) is 3.50. The Morgan fingerprint density at radius 1 is 1.00 bits per heavy atom. The van der Waals surface area contributed by atoms with Crippen molar-refractivity contribution < 1.29 is 4.74 Å². The molecule has 2 bridgehead atoms. The molecule has 0 radical (unpaired) electrons. The van der Waals surface area contributed by atoms with Crippen molar-refractivity contribution in [3.05, 3.63) is 0 Å². The monoisotopic (exact) mass is 211 g/mol. The van der Waals surface area contributed by atoms with Crippen LogP contribution in [0.4, 0.5) is 0 Å². The topological polar surface area (TPSA) is 12.5 Å². The predicted molar refractivity (Wildman–Crippen MR) is 63.0 cm³/mol. The minimum absolute atomic E-state index is 0.389. The van der Waals surface area contributed by atoms with E-state index in [1.54, 1.807) is 0 Å². The van der Waals surface area contributed by atoms with Crippen LogP contribution in [0.25, 0.3) is 0 Å². The Morgan fingerprint density at radius 3 is 1.93 bits per heavy atom. The smallest absolute Gasteiger partial charge is 0.0608 e. The maximum atomic E-state index is 5.97. The first-order chi connectivity index (χ1) is 7.08. The zero-order valence-corrected chi connectivity index (χ0v) is 10.6. The standard InChI is InChI=1S/C13H25NO/c1-9(2)14-11-5-6-12(14)8-13(7-11)15-10(3)4/h9-13H,5-8H2,1-4H3/t11-,12+,13+. The van der Waals surface area contributed by atoms with Gasteiger partial charge in [0.05, 0.1) is 12.2 Å². The summed E-state index contributed by atoms with van der Waals surface area (Å²) < 4.78 is 5.97. The van der Waals surface area contributed by atoms with Crippen LogP contribution in [0, 0.1) is 0 Å². The largest absolute Gasteiger partial charge is 0.375 e. The molecule has 0 N–H and O–H groups in total. The van der Waals surface area contributed by atoms with Crippen LogP contribution in [0.5, 0.6) is 0 Å². The fraction of sp³-hybridized carbons (Fsp3) is 1.00. The van der Waals surface area contributed by atoms with Crippen LogP contribution in [0.3, 0.4) is 0 Å². The van der Waals surface area contributed by atoms with Crippen LogP contribution >= 0.6 is 0 Å². The molecule has 0 amide bonds. The van der Waals surface area contributed by atoms with Crippen LogP contribution < -0.4 is 0 Å². The zero-order valence-electron chi connectivity index (χ0n) is 10.6. The molecule has 0 aromatic heterocycles. The van der Waals surface area contributed by atoms with Crippen LogP contribution in [0.1, 0.15) is 53.4 Å². The molecule has 15 heavy (non-hydrogen) atoms. The van der Waals surface area contributed by atoms with Gasteiger partial charge in [0.15, 0.2) is 0 Å². The fourth-order valence-electron chi connectivity index (χ4n) is 3.50. The summed E-state index contributed by atoms with van der Waals surface area (Å²) in [6, 6.07) is 2.31. The molecule has 2 heteroatoms. The molecule has 0 spiro atoms. The van der Waals surface area contributed by atoms with E-state index in [-0.39, 0.29) is 0 Å². The van der Waals surface area contributed by atoms with Gasteiger partial charge >= 0.3 is 0 Å². The highest BCUT2D eigenvalue weighted by molar-refractivity contribution is 4.97. The average molecular weight is 211 g/mol. The molecule has 0 saturated carbocycles. The first-order valence-corrected chi connectivity index (χ1v) is 6.50. The Bertz CT molecular complexity index is 201. The number of piperidine rings is 1. The van der Waals surface area contributed by atoms with Crippen molar-refractivity contribution in [2.45, 2.75) is 83.7 Å². The van der Waals surface area contributed by atoms with E-state index < -0.39 is 0 Å². The van der Waals surface area contributed by atoms with E-state index in [0.717, 1.165) is 12.1 Å². The van der Waals surface area contributed by atoms with E-state index in [4.69, 9.17) is 4.74 Å². The number of nitrogens with zero attached hydrogens (tertiary/aromatic N) is 1. The second-order valence-electron chi connectivity index (χ2n) is 5.70. The van der Waals surface area contributed by atoms with Gasteiger partial charge < -0.3 is 4.74 Å². The van der Waals surface area contributed by atoms with Gasteiger partial charge in [0.2, 0.25) is 0 Å². The van der Waals surface area contributed by atoms with Gasteiger partial charge in [0.25, 0.3) is 0 Å². The molecule has 2 rings (SSSR count). The summed E-state index contributed by atoms with van der Waals surface area (Å²) in [5.41, 5.74) is 0. The lowest BCUT2D eigenvalue weighted by atomic mass is 9.98. The second-order valence-corrected chi connectivity index (χ2v) is 5.70. The molecule has 2 aliphatic rings. The first kappa shape index (κ1) is 11.4. The summed E-state index contributed by atoms with van der Waals surface area (Å²) >= 11 is 0. The summed E-state index contributed by atoms with van der Waals surface area (Å²) in [5.74, 6) is 0. The number of hydrogen-bond acceptors (Lipinski definition) is 2. The van der Waals surface area contributed by atoms with Crippen LogP contribution in [-0.4, -0.2) is 35.2 Å². The van der Waals surface area contributed by atoms with Crippen molar-refractivity contribution in [2.24, 2.45) is 0 Å². The van der Waals surface area contributed by atoms with Gasteiger partial charge in [-0.15, -0.1) is 0 Å². The summed E-state index contributed by atoms with van der Waals surface area (Å²) in [5, 5.41) is 0. The number of ether oxygens (including phenoxy) is 1. The van der Waals surface area contributed by atoms with Gasteiger partial charge in [0.1, 0.15) is 0 Å². The molecule has 0 unspecified atom stereocenters. The highest BCUT2D eigenvalue weighted by Gasteiger charge is 2.42. The second kappa shape index (κ2) is 4.42. The highest BCUT2D eigenvalue weighted by atomic mass is 16.5. The Kier molecular flexibility index (Phi) is 3.36. The Morgan fingerprint density at radius 2 is 1.53 bits per heavy atom. The highest BCUT2D eigenvalue weighted by Crippen LogP contribution is 2.38. The van der Waals surface area contributed by atoms with Crippen molar-refractivity contribution >= 4 is 0 Å². The lowest BCUT2D eigenvalue weighted by Crippen LogP contribution is -2.49. The molecule has 2 saturated heterocycles. The summed E-state index contributed by atoms with van der Waals surface area (Å²) in [6.45, 7) is 8.96. The van der Waals surface area contributed by atoms with Gasteiger partial charge in [-0.25, -0.2) is 0 Å². The van der Waals surface area contributed by atoms with Gasteiger partial charge in [0, 0.05) is 18.1 Å². The van der Waals surface area contributed by atoms with Crippen LogP contribution in [-0.2, 0) is 4.74 Å². The maximum Gasteiger partial charge on any atom is 0.0608 e. The van der Waals surface area contributed by atoms with E-state index in [1.165, 1.54) is 25.7 Å². The van der Waals surface area contributed by atoms with Crippen molar-refractivity contribution in [3.63, 3.8) is 0 Å². The van der Waals surface area contributed by atoms with Crippen LogP contribution in [0.2, 0.25) is 0 Å². The van der Waals surface area contributed by atoms with Gasteiger partial charge in [-0.2, -0.15) is 0 Å². The van der Waals surface area contributed by atoms with Crippen molar-refractivity contribution in [1.82, 2.24) is 4.90 Å². The molecule has 2 fully saturated rings. The maximum absolute atomic E-state index is 5.97. The van der Waals surface area contributed by atoms with Crippen molar-refractivity contribution in [2.75, 3.05) is 0 Å². The minimum atomic E-state index is 0.389. The third-order valence-electron chi connectivity index (χ3n) is 3.81. The molecule has 0 aliphatic carbocycles. The summed E-state index contributed by atoms with van der Waals surface area (Å²) in [4.78, 5) is 2.72. The molecule has 0 aromatic carbocycles. The molecular formula is C13H25NO. The minimum Gasteiger partial charge on any atom is -0.375 e. The van der Waals surface area contributed by atoms with Crippen molar-refractivity contribution in [1.29, 1.82) is 0 Å². The zero-order chi connectivity index (χ0) is 11.0. The van der Waals surface area contributed by atoms with Crippen LogP contribution in [0.15, 0.2) is 0 Å². The lowest BCUT2D eigenvalue weighted by Gasteiger charge is -2.41. The molecule has 2 aliphatic heterocycles. The van der Waals surface area contributed by atoms with E-state index in [0.29, 0.717) is 18.2 Å². The summed E-state index contributed by atoms with van der Waals surface area (Å²) in [6.07, 6.45) is 6.21. The van der Waals surface area contributed by atoms with E-state index in [1.807, 2.05) is 0 Å².